The predicted octanol–water partition coefficient (Wildman–Crippen LogP) is 21.2. The highest BCUT2D eigenvalue weighted by molar-refractivity contribution is 5.71. The Hall–Kier alpha value is -4.19. The highest BCUT2D eigenvalue weighted by Crippen LogP contribution is 2.15. The van der Waals surface area contributed by atoms with Gasteiger partial charge in [0.2, 0.25) is 0 Å². The summed E-state index contributed by atoms with van der Waals surface area (Å²) in [7, 11) is 0. The fourth-order valence-corrected chi connectivity index (χ4v) is 8.34. The van der Waals surface area contributed by atoms with Crippen LogP contribution in [0.5, 0.6) is 0 Å². The van der Waals surface area contributed by atoms with Gasteiger partial charge in [-0.15, -0.1) is 0 Å². The van der Waals surface area contributed by atoms with Gasteiger partial charge in [0.15, 0.2) is 6.10 Å². The van der Waals surface area contributed by atoms with Crippen molar-refractivity contribution in [2.45, 2.75) is 284 Å². The molecule has 0 rings (SSSR count). The first-order valence-electron chi connectivity index (χ1n) is 31.0. The highest BCUT2D eigenvalue weighted by atomic mass is 16.6. The summed E-state index contributed by atoms with van der Waals surface area (Å²) in [4.78, 5) is 38.3. The average molecular weight is 1040 g/mol. The maximum atomic E-state index is 12.9. The molecule has 6 nitrogen and oxygen atoms in total. The van der Waals surface area contributed by atoms with Crippen LogP contribution in [0.15, 0.2) is 122 Å². The number of ether oxygens (including phenoxy) is 3. The Morgan fingerprint density at radius 3 is 0.840 bits per heavy atom. The Morgan fingerprint density at radius 1 is 0.280 bits per heavy atom. The minimum atomic E-state index is -0.806. The Kier molecular flexibility index (Phi) is 58.9. The molecule has 1 unspecified atom stereocenters. The molecule has 0 heterocycles. The second kappa shape index (κ2) is 62.4. The first-order chi connectivity index (χ1) is 37.0. The molecule has 0 aromatic rings. The van der Waals surface area contributed by atoms with Gasteiger partial charge in [-0.25, -0.2) is 0 Å². The number of hydrogen-bond acceptors (Lipinski definition) is 6. The second-order valence-electron chi connectivity index (χ2n) is 20.2. The van der Waals surface area contributed by atoms with E-state index in [0.717, 1.165) is 135 Å². The van der Waals surface area contributed by atoms with E-state index in [1.165, 1.54) is 103 Å². The third kappa shape index (κ3) is 60.6. The maximum Gasteiger partial charge on any atom is 0.306 e. The first-order valence-corrected chi connectivity index (χ1v) is 31.0. The van der Waals surface area contributed by atoms with Crippen molar-refractivity contribution in [3.8, 4) is 0 Å². The molecule has 0 N–H and O–H groups in total. The number of carbonyl (C=O) groups is 3. The van der Waals surface area contributed by atoms with Crippen LogP contribution in [0.3, 0.4) is 0 Å². The molecule has 0 aromatic carbocycles. The molecule has 0 fully saturated rings. The lowest BCUT2D eigenvalue weighted by Gasteiger charge is -2.18. The van der Waals surface area contributed by atoms with Crippen LogP contribution in [-0.2, 0) is 28.6 Å². The quantitative estimate of drug-likeness (QED) is 0.0261. The third-order valence-electron chi connectivity index (χ3n) is 12.9. The molecule has 0 amide bonds. The lowest BCUT2D eigenvalue weighted by atomic mass is 10.1. The van der Waals surface area contributed by atoms with E-state index in [0.29, 0.717) is 19.3 Å². The van der Waals surface area contributed by atoms with E-state index in [9.17, 15) is 14.4 Å². The minimum Gasteiger partial charge on any atom is -0.462 e. The molecule has 0 saturated carbocycles. The van der Waals surface area contributed by atoms with Crippen LogP contribution in [0.25, 0.3) is 0 Å². The molecular weight excluding hydrogens is 925 g/mol. The van der Waals surface area contributed by atoms with Crippen LogP contribution in [-0.4, -0.2) is 37.2 Å². The molecule has 426 valence electrons. The van der Waals surface area contributed by atoms with Crippen LogP contribution < -0.4 is 0 Å². The van der Waals surface area contributed by atoms with Crippen LogP contribution in [0.4, 0.5) is 0 Å². The van der Waals surface area contributed by atoms with Crippen molar-refractivity contribution < 1.29 is 28.6 Å². The number of rotatable bonds is 55. The average Bonchev–Trinajstić information content (AvgIpc) is 3.41. The van der Waals surface area contributed by atoms with Gasteiger partial charge in [0.1, 0.15) is 13.2 Å². The molecule has 6 heteroatoms. The van der Waals surface area contributed by atoms with Gasteiger partial charge >= 0.3 is 17.9 Å². The van der Waals surface area contributed by atoms with Gasteiger partial charge in [-0.1, -0.05) is 251 Å². The molecule has 0 aliphatic rings. The first kappa shape index (κ1) is 70.8. The number of esters is 3. The molecule has 75 heavy (non-hydrogen) atoms. The van der Waals surface area contributed by atoms with Gasteiger partial charge < -0.3 is 14.2 Å². The standard InChI is InChI=1S/C69H114O6/c1-4-7-10-13-16-19-22-25-28-31-34-37-40-43-46-49-52-55-58-61-67(70)73-64-66(75-69(72)63-60-57-54-51-48-45-42-39-36-33-30-27-24-21-18-15-12-9-6-3)65-74-68(71)62-59-56-53-50-47-44-41-38-35-32-29-26-23-20-17-14-11-8-5-2/h7,9-10,12,16,18-19,21,25,27-28,30,32,34-37,39,43,46,66H,4-6,8,11,13-15,17,20,22-24,26,29,31,33,38,40-42,44-45,47-65H2,1-3H3/b10-7-,12-9-,19-16-,21-18-,28-25-,30-27-,35-32-,37-34-,39-36-,46-43-. The van der Waals surface area contributed by atoms with Crippen molar-refractivity contribution in [2.24, 2.45) is 0 Å². The van der Waals surface area contributed by atoms with Crippen molar-refractivity contribution in [3.05, 3.63) is 122 Å². The Morgan fingerprint density at radius 2 is 0.520 bits per heavy atom. The van der Waals surface area contributed by atoms with Gasteiger partial charge in [-0.05, 0) is 128 Å². The van der Waals surface area contributed by atoms with Crippen LogP contribution in [0.1, 0.15) is 278 Å². The number of allylic oxidation sites excluding steroid dienone is 20. The fourth-order valence-electron chi connectivity index (χ4n) is 8.34. The summed E-state index contributed by atoms with van der Waals surface area (Å²) in [6, 6.07) is 0. The van der Waals surface area contributed by atoms with Crippen LogP contribution >= 0.6 is 0 Å². The predicted molar refractivity (Wildman–Crippen MR) is 325 cm³/mol. The van der Waals surface area contributed by atoms with Crippen LogP contribution in [0, 0.1) is 0 Å². The molecular formula is C69H114O6. The summed E-state index contributed by atoms with van der Waals surface area (Å²) in [6.45, 7) is 6.38. The number of unbranched alkanes of at least 4 members (excludes halogenated alkanes) is 24. The summed E-state index contributed by atoms with van der Waals surface area (Å²) in [5.41, 5.74) is 0. The normalized spacial score (nSPS) is 12.9. The van der Waals surface area contributed by atoms with Gasteiger partial charge in [-0.3, -0.25) is 14.4 Å². The van der Waals surface area contributed by atoms with E-state index in [2.05, 4.69) is 142 Å². The van der Waals surface area contributed by atoms with Crippen molar-refractivity contribution >= 4 is 17.9 Å². The number of carbonyl (C=O) groups excluding carboxylic acids is 3. The second-order valence-corrected chi connectivity index (χ2v) is 20.2. The van der Waals surface area contributed by atoms with Crippen molar-refractivity contribution in [3.63, 3.8) is 0 Å². The molecule has 0 spiro atoms. The van der Waals surface area contributed by atoms with Crippen molar-refractivity contribution in [1.82, 2.24) is 0 Å². The van der Waals surface area contributed by atoms with Crippen LogP contribution in [0.2, 0.25) is 0 Å². The summed E-state index contributed by atoms with van der Waals surface area (Å²) in [5.74, 6) is -0.947. The molecule has 0 aliphatic heterocycles. The van der Waals surface area contributed by atoms with E-state index in [4.69, 9.17) is 14.2 Å². The van der Waals surface area contributed by atoms with Gasteiger partial charge in [0.25, 0.3) is 0 Å². The zero-order valence-corrected chi connectivity index (χ0v) is 48.8. The maximum absolute atomic E-state index is 12.9. The zero-order chi connectivity index (χ0) is 54.3. The van der Waals surface area contributed by atoms with Gasteiger partial charge in [0.05, 0.1) is 0 Å². The summed E-state index contributed by atoms with van der Waals surface area (Å²) in [6.07, 6.45) is 86.2. The SMILES string of the molecule is CC/C=C\C/C=C\C/C=C\C/C=C\C/C=C\CCCCCC(=O)OCC(COC(=O)CCCCCCCCC/C=C\CCCCCCCCCC)OC(=O)CCCCCCCC/C=C\C/C=C\C/C=C\C/C=C\CC. The lowest BCUT2D eigenvalue weighted by molar-refractivity contribution is -0.167. The third-order valence-corrected chi connectivity index (χ3v) is 12.9. The topological polar surface area (TPSA) is 78.9 Å². The molecule has 0 aliphatic carbocycles. The smallest absolute Gasteiger partial charge is 0.306 e. The largest absolute Gasteiger partial charge is 0.462 e. The Balaban J connectivity index is 4.49. The Labute approximate surface area is 462 Å². The summed E-state index contributed by atoms with van der Waals surface area (Å²) < 4.78 is 16.9. The molecule has 0 saturated heterocycles. The molecule has 0 radical (unpaired) electrons. The van der Waals surface area contributed by atoms with Gasteiger partial charge in [0, 0.05) is 19.3 Å². The summed E-state index contributed by atoms with van der Waals surface area (Å²) >= 11 is 0. The van der Waals surface area contributed by atoms with E-state index < -0.39 is 6.10 Å². The van der Waals surface area contributed by atoms with Crippen molar-refractivity contribution in [2.75, 3.05) is 13.2 Å². The fraction of sp³-hybridized carbons (Fsp3) is 0.667. The van der Waals surface area contributed by atoms with E-state index in [1.54, 1.807) is 0 Å². The molecule has 1 atom stereocenters. The zero-order valence-electron chi connectivity index (χ0n) is 48.8. The monoisotopic (exact) mass is 1040 g/mol. The van der Waals surface area contributed by atoms with Crippen molar-refractivity contribution in [1.29, 1.82) is 0 Å². The van der Waals surface area contributed by atoms with E-state index >= 15 is 0 Å². The number of hydrogen-bond donors (Lipinski definition) is 0. The minimum absolute atomic E-state index is 0.0993. The summed E-state index contributed by atoms with van der Waals surface area (Å²) in [5, 5.41) is 0. The molecule has 0 bridgehead atoms. The highest BCUT2D eigenvalue weighted by Gasteiger charge is 2.19. The van der Waals surface area contributed by atoms with Gasteiger partial charge in [-0.2, -0.15) is 0 Å². The Bertz CT molecular complexity index is 1570. The van der Waals surface area contributed by atoms with E-state index in [-0.39, 0.29) is 31.1 Å². The lowest BCUT2D eigenvalue weighted by Crippen LogP contribution is -2.30. The molecule has 0 aromatic heterocycles. The van der Waals surface area contributed by atoms with E-state index in [1.807, 2.05) is 0 Å².